The highest BCUT2D eigenvalue weighted by Gasteiger charge is 2.17. The molecular formula is C28H45N3OS. The Balaban J connectivity index is 0.00000111. The summed E-state index contributed by atoms with van der Waals surface area (Å²) >= 11 is 1.66. The summed E-state index contributed by atoms with van der Waals surface area (Å²) in [5, 5.41) is 3.11. The molecule has 5 heteroatoms. The summed E-state index contributed by atoms with van der Waals surface area (Å²) in [5.41, 5.74) is 6.64. The average Bonchev–Trinajstić information content (AvgIpc) is 3.40. The van der Waals surface area contributed by atoms with Gasteiger partial charge in [-0.2, -0.15) is 0 Å². The van der Waals surface area contributed by atoms with Crippen molar-refractivity contribution in [2.45, 2.75) is 74.7 Å². The lowest BCUT2D eigenvalue weighted by molar-refractivity contribution is 0.199. The normalized spacial score (nSPS) is 11.8. The Kier molecular flexibility index (Phi) is 17.0. The molecule has 2 heterocycles. The second-order valence-corrected chi connectivity index (χ2v) is 8.96. The number of H-pyrrole nitrogens is 1. The molecule has 0 aliphatic carbocycles. The van der Waals surface area contributed by atoms with Crippen molar-refractivity contribution in [1.82, 2.24) is 9.97 Å². The number of ether oxygens (including phenoxy) is 1. The van der Waals surface area contributed by atoms with Crippen LogP contribution in [0.25, 0.3) is 17.3 Å². The van der Waals surface area contributed by atoms with E-state index in [4.69, 9.17) is 14.7 Å². The van der Waals surface area contributed by atoms with Crippen LogP contribution in [0.5, 0.6) is 0 Å². The van der Waals surface area contributed by atoms with Gasteiger partial charge in [0.25, 0.3) is 0 Å². The molecule has 0 amide bonds. The Labute approximate surface area is 206 Å². The second kappa shape index (κ2) is 18.2. The van der Waals surface area contributed by atoms with Crippen molar-refractivity contribution >= 4 is 23.1 Å². The summed E-state index contributed by atoms with van der Waals surface area (Å²) in [7, 11) is 1.71. The fraction of sp³-hybridized carbons (Fsp3) is 0.500. The molecule has 4 nitrogen and oxygen atoms in total. The van der Waals surface area contributed by atoms with Gasteiger partial charge < -0.3 is 9.72 Å². The third kappa shape index (κ3) is 11.4. The molecule has 0 spiro atoms. The molecule has 0 aromatic carbocycles. The molecule has 2 aromatic rings. The van der Waals surface area contributed by atoms with E-state index >= 15 is 0 Å². The number of allylic oxidation sites excluding steroid dienone is 3. The first-order valence-corrected chi connectivity index (χ1v) is 12.8. The average molecular weight is 472 g/mol. The maximum absolute atomic E-state index is 4.89. The maximum atomic E-state index is 4.89. The highest BCUT2D eigenvalue weighted by Crippen LogP contribution is 2.30. The second-order valence-electron chi connectivity index (χ2n) is 8.10. The van der Waals surface area contributed by atoms with Gasteiger partial charge in [-0.15, -0.1) is 11.3 Å². The molecule has 0 aliphatic heterocycles. The van der Waals surface area contributed by atoms with E-state index in [0.29, 0.717) is 5.92 Å². The topological polar surface area (TPSA) is 50.3 Å². The van der Waals surface area contributed by atoms with Crippen molar-refractivity contribution in [3.63, 3.8) is 0 Å². The van der Waals surface area contributed by atoms with Gasteiger partial charge in [0.15, 0.2) is 0 Å². The number of aromatic amines is 1. The first-order valence-electron chi connectivity index (χ1n) is 11.9. The summed E-state index contributed by atoms with van der Waals surface area (Å²) in [6, 6.07) is 0. The molecule has 2 rings (SSSR count). The molecule has 0 saturated heterocycles. The van der Waals surface area contributed by atoms with Gasteiger partial charge in [-0.1, -0.05) is 71.4 Å². The number of nitrogens with zero attached hydrogens (tertiary/aromatic N) is 2. The number of hydrogen-bond donors (Lipinski definition) is 1. The number of nitrogens with one attached hydrogen (secondary N) is 1. The van der Waals surface area contributed by atoms with Crippen LogP contribution in [0.2, 0.25) is 0 Å². The fourth-order valence-electron chi connectivity index (χ4n) is 2.63. The quantitative estimate of drug-likeness (QED) is 0.293. The molecule has 2 aromatic heterocycles. The van der Waals surface area contributed by atoms with Crippen LogP contribution in [0.3, 0.4) is 0 Å². The van der Waals surface area contributed by atoms with Gasteiger partial charge in [0.2, 0.25) is 0 Å². The van der Waals surface area contributed by atoms with Crippen LogP contribution in [-0.2, 0) is 4.74 Å². The number of aryl methyl sites for hydroxylation is 1. The number of methoxy groups -OCH3 is 1. The van der Waals surface area contributed by atoms with Crippen molar-refractivity contribution in [3.8, 4) is 11.3 Å². The Hall–Kier alpha value is -2.24. The lowest BCUT2D eigenvalue weighted by Gasteiger charge is -2.09. The standard InChI is InChI=1S/C21H27N3S.C4H10O.C3H8/c1-7-9-10-17-16(6)22-12-18(17)19-13-25-21(24-19)20(15(5)8-2)23-11-14(3)4;1-3-4-5-2;1-3-2/h7,9-13,15,22H,1,8H2,2-6H3;3-4H2,1-2H3;3H2,1-2H3/b10-9-,23-20?;;. The zero-order valence-electron chi connectivity index (χ0n) is 22.3. The smallest absolute Gasteiger partial charge is 0.138 e. The Bertz CT molecular complexity index is 881. The van der Waals surface area contributed by atoms with Gasteiger partial charge in [0, 0.05) is 54.2 Å². The van der Waals surface area contributed by atoms with E-state index in [2.05, 4.69) is 78.4 Å². The first kappa shape index (κ1) is 30.8. The van der Waals surface area contributed by atoms with E-state index in [-0.39, 0.29) is 0 Å². The number of rotatable bonds is 9. The highest BCUT2D eigenvalue weighted by molar-refractivity contribution is 7.12. The van der Waals surface area contributed by atoms with Crippen molar-refractivity contribution in [1.29, 1.82) is 0 Å². The molecule has 184 valence electrons. The fourth-order valence-corrected chi connectivity index (χ4v) is 3.56. The molecule has 33 heavy (non-hydrogen) atoms. The monoisotopic (exact) mass is 471 g/mol. The third-order valence-electron chi connectivity index (χ3n) is 4.47. The maximum Gasteiger partial charge on any atom is 0.138 e. The number of aliphatic imine (C=N–C) groups is 1. The Morgan fingerprint density at radius 1 is 1.27 bits per heavy atom. The predicted molar refractivity (Wildman–Crippen MR) is 149 cm³/mol. The van der Waals surface area contributed by atoms with E-state index in [1.807, 2.05) is 18.5 Å². The van der Waals surface area contributed by atoms with Crippen molar-refractivity contribution < 1.29 is 4.74 Å². The molecule has 0 fully saturated rings. The zero-order valence-corrected chi connectivity index (χ0v) is 23.1. The highest BCUT2D eigenvalue weighted by atomic mass is 32.1. The van der Waals surface area contributed by atoms with Crippen molar-refractivity contribution in [3.05, 3.63) is 58.3 Å². The lowest BCUT2D eigenvalue weighted by atomic mass is 10.0. The minimum Gasteiger partial charge on any atom is -0.385 e. The molecule has 0 aliphatic rings. The van der Waals surface area contributed by atoms with Gasteiger partial charge in [-0.3, -0.25) is 4.99 Å². The van der Waals surface area contributed by atoms with E-state index in [1.54, 1.807) is 24.5 Å². The summed E-state index contributed by atoms with van der Waals surface area (Å²) in [4.78, 5) is 12.9. The van der Waals surface area contributed by atoms with Gasteiger partial charge >= 0.3 is 0 Å². The molecule has 0 saturated carbocycles. The zero-order chi connectivity index (χ0) is 25.2. The Morgan fingerprint density at radius 2 is 1.94 bits per heavy atom. The van der Waals surface area contributed by atoms with Crippen molar-refractivity contribution in [2.75, 3.05) is 13.7 Å². The number of aromatic nitrogens is 2. The molecule has 1 atom stereocenters. The van der Waals surface area contributed by atoms with Crippen LogP contribution in [0.4, 0.5) is 0 Å². The molecule has 1 N–H and O–H groups in total. The number of thiazole rings is 1. The van der Waals surface area contributed by atoms with Gasteiger partial charge in [-0.25, -0.2) is 4.98 Å². The molecule has 0 bridgehead atoms. The van der Waals surface area contributed by atoms with Gasteiger partial charge in [0.05, 0.1) is 11.4 Å². The van der Waals surface area contributed by atoms with Crippen LogP contribution >= 0.6 is 11.3 Å². The summed E-state index contributed by atoms with van der Waals surface area (Å²) in [6.45, 7) is 21.6. The van der Waals surface area contributed by atoms with E-state index < -0.39 is 0 Å². The van der Waals surface area contributed by atoms with Crippen LogP contribution in [0, 0.1) is 12.8 Å². The minimum absolute atomic E-state index is 0.377. The van der Waals surface area contributed by atoms with Gasteiger partial charge in [0.1, 0.15) is 5.01 Å². The van der Waals surface area contributed by atoms with E-state index in [9.17, 15) is 0 Å². The SMILES string of the molecule is C=C/C=C\c1c(-c2csc(C(=NC=C(C)C)C(C)CC)n2)c[nH]c1C.CCC.CCCOC. The molecule has 0 radical (unpaired) electrons. The summed E-state index contributed by atoms with van der Waals surface area (Å²) in [5.74, 6) is 0.377. The third-order valence-corrected chi connectivity index (χ3v) is 5.34. The van der Waals surface area contributed by atoms with Crippen LogP contribution in [0.15, 0.2) is 47.1 Å². The first-order chi connectivity index (χ1) is 15.8. The summed E-state index contributed by atoms with van der Waals surface area (Å²) < 4.78 is 4.69. The largest absolute Gasteiger partial charge is 0.385 e. The number of hydrogen-bond acceptors (Lipinski definition) is 4. The molecular weight excluding hydrogens is 426 g/mol. The van der Waals surface area contributed by atoms with Crippen molar-refractivity contribution in [2.24, 2.45) is 10.9 Å². The minimum atomic E-state index is 0.377. The predicted octanol–water partition coefficient (Wildman–Crippen LogP) is 8.86. The van der Waals surface area contributed by atoms with Crippen LogP contribution in [-0.4, -0.2) is 29.4 Å². The van der Waals surface area contributed by atoms with Gasteiger partial charge in [-0.05, 0) is 33.6 Å². The molecule has 1 unspecified atom stereocenters. The van der Waals surface area contributed by atoms with Crippen LogP contribution in [0.1, 0.15) is 84.0 Å². The lowest BCUT2D eigenvalue weighted by Crippen LogP contribution is -2.11. The van der Waals surface area contributed by atoms with Crippen LogP contribution < -0.4 is 0 Å². The van der Waals surface area contributed by atoms with E-state index in [1.165, 1.54) is 12.0 Å². The summed E-state index contributed by atoms with van der Waals surface area (Å²) in [6.07, 6.45) is 13.2. The Morgan fingerprint density at radius 3 is 2.42 bits per heavy atom. The van der Waals surface area contributed by atoms with E-state index in [0.717, 1.165) is 52.7 Å².